The van der Waals surface area contributed by atoms with Crippen LogP contribution >= 0.6 is 11.6 Å². The molecule has 0 unspecified atom stereocenters. The Labute approximate surface area is 175 Å². The summed E-state index contributed by atoms with van der Waals surface area (Å²) in [7, 11) is 0. The molecule has 2 fully saturated rings. The van der Waals surface area contributed by atoms with Crippen LogP contribution in [0.4, 0.5) is 14.9 Å². The van der Waals surface area contributed by atoms with E-state index < -0.39 is 0 Å². The van der Waals surface area contributed by atoms with Gasteiger partial charge in [0, 0.05) is 43.5 Å². The second-order valence-electron chi connectivity index (χ2n) is 7.48. The fourth-order valence-electron chi connectivity index (χ4n) is 3.99. The molecule has 1 N–H and O–H groups in total. The highest BCUT2D eigenvalue weighted by Gasteiger charge is 2.31. The monoisotopic (exact) mass is 417 g/mol. The van der Waals surface area contributed by atoms with Gasteiger partial charge in [-0.2, -0.15) is 0 Å². The van der Waals surface area contributed by atoms with Crippen LogP contribution < -0.4 is 10.2 Å². The average molecular weight is 418 g/mol. The number of halogens is 2. The molecule has 2 aromatic carbocycles. The van der Waals surface area contributed by atoms with Crippen LogP contribution in [-0.2, 0) is 4.74 Å². The Hall–Kier alpha value is -2.31. The van der Waals surface area contributed by atoms with Gasteiger partial charge in [-0.15, -0.1) is 0 Å². The third kappa shape index (κ3) is 4.82. The minimum Gasteiger partial charge on any atom is -0.376 e. The van der Waals surface area contributed by atoms with E-state index in [-0.39, 0.29) is 24.0 Å². The van der Waals surface area contributed by atoms with Crippen LogP contribution in [0.1, 0.15) is 24.4 Å². The summed E-state index contributed by atoms with van der Waals surface area (Å²) in [6.07, 6.45) is 1.76. The zero-order valence-electron chi connectivity index (χ0n) is 16.2. The maximum Gasteiger partial charge on any atom is 0.318 e. The van der Waals surface area contributed by atoms with E-state index in [1.165, 1.54) is 12.1 Å². The number of piperazine rings is 1. The van der Waals surface area contributed by atoms with E-state index in [4.69, 9.17) is 16.3 Å². The largest absolute Gasteiger partial charge is 0.376 e. The highest BCUT2D eigenvalue weighted by atomic mass is 35.5. The van der Waals surface area contributed by atoms with Gasteiger partial charge in [-0.3, -0.25) is 0 Å². The van der Waals surface area contributed by atoms with Crippen molar-refractivity contribution < 1.29 is 13.9 Å². The van der Waals surface area contributed by atoms with E-state index >= 15 is 0 Å². The predicted octanol–water partition coefficient (Wildman–Crippen LogP) is 4.23. The molecular formula is C22H25ClFN3O2. The summed E-state index contributed by atoms with van der Waals surface area (Å²) in [6, 6.07) is 13.7. The van der Waals surface area contributed by atoms with Crippen molar-refractivity contribution in [2.24, 2.45) is 0 Å². The summed E-state index contributed by atoms with van der Waals surface area (Å²) in [5, 5.41) is 3.84. The standard InChI is InChI=1S/C22H25ClFN3O2/c23-17-3-1-4-19(15-17)26-10-12-27(13-11-26)22(28)25-21(20-5-2-14-29-20)16-6-8-18(24)9-7-16/h1,3-4,6-9,15,20-21H,2,5,10-14H2,(H,25,28)/t20-,21-/m1/s1. The molecule has 2 aliphatic heterocycles. The number of amides is 2. The lowest BCUT2D eigenvalue weighted by Crippen LogP contribution is -2.53. The molecule has 29 heavy (non-hydrogen) atoms. The molecule has 4 rings (SSSR count). The van der Waals surface area contributed by atoms with E-state index in [1.54, 1.807) is 12.1 Å². The summed E-state index contributed by atoms with van der Waals surface area (Å²) >= 11 is 6.09. The molecule has 0 radical (unpaired) electrons. The van der Waals surface area contributed by atoms with Crippen molar-refractivity contribution >= 4 is 23.3 Å². The summed E-state index contributed by atoms with van der Waals surface area (Å²) in [5.74, 6) is -0.289. The van der Waals surface area contributed by atoms with Crippen molar-refractivity contribution in [3.63, 3.8) is 0 Å². The summed E-state index contributed by atoms with van der Waals surface area (Å²) < 4.78 is 19.2. The number of hydrogen-bond acceptors (Lipinski definition) is 3. The number of nitrogens with one attached hydrogen (secondary N) is 1. The molecule has 2 saturated heterocycles. The first-order valence-corrected chi connectivity index (χ1v) is 10.4. The van der Waals surface area contributed by atoms with Gasteiger partial charge in [0.1, 0.15) is 5.82 Å². The quantitative estimate of drug-likeness (QED) is 0.809. The van der Waals surface area contributed by atoms with Crippen molar-refractivity contribution in [1.82, 2.24) is 10.2 Å². The zero-order chi connectivity index (χ0) is 20.2. The molecule has 2 aliphatic rings. The third-order valence-corrected chi connectivity index (χ3v) is 5.82. The smallest absolute Gasteiger partial charge is 0.318 e. The van der Waals surface area contributed by atoms with Crippen molar-refractivity contribution in [1.29, 1.82) is 0 Å². The molecule has 2 atom stereocenters. The zero-order valence-corrected chi connectivity index (χ0v) is 16.9. The van der Waals surface area contributed by atoms with E-state index in [9.17, 15) is 9.18 Å². The number of urea groups is 1. The van der Waals surface area contributed by atoms with Gasteiger partial charge in [-0.1, -0.05) is 29.8 Å². The van der Waals surface area contributed by atoms with Crippen LogP contribution in [0.25, 0.3) is 0 Å². The van der Waals surface area contributed by atoms with E-state index in [1.807, 2.05) is 29.2 Å². The molecule has 5 nitrogen and oxygen atoms in total. The number of anilines is 1. The summed E-state index contributed by atoms with van der Waals surface area (Å²) in [6.45, 7) is 3.43. The van der Waals surface area contributed by atoms with Gasteiger partial charge in [0.2, 0.25) is 0 Å². The van der Waals surface area contributed by atoms with Gasteiger partial charge < -0.3 is 19.9 Å². The van der Waals surface area contributed by atoms with Crippen molar-refractivity contribution in [3.8, 4) is 0 Å². The fraction of sp³-hybridized carbons (Fsp3) is 0.409. The van der Waals surface area contributed by atoms with Gasteiger partial charge in [-0.25, -0.2) is 9.18 Å². The molecule has 2 heterocycles. The van der Waals surface area contributed by atoms with Crippen molar-refractivity contribution in [2.75, 3.05) is 37.7 Å². The Morgan fingerprint density at radius 1 is 1.14 bits per heavy atom. The highest BCUT2D eigenvalue weighted by Crippen LogP contribution is 2.28. The number of carbonyl (C=O) groups excluding carboxylic acids is 1. The van der Waals surface area contributed by atoms with Gasteiger partial charge in [0.05, 0.1) is 12.1 Å². The molecule has 0 aromatic heterocycles. The third-order valence-electron chi connectivity index (χ3n) is 5.59. The first kappa shape index (κ1) is 20.0. The van der Waals surface area contributed by atoms with Crippen LogP contribution in [0.15, 0.2) is 48.5 Å². The van der Waals surface area contributed by atoms with Crippen LogP contribution in [0.5, 0.6) is 0 Å². The van der Waals surface area contributed by atoms with E-state index in [0.717, 1.165) is 37.2 Å². The molecule has 2 amide bonds. The first-order chi connectivity index (χ1) is 14.1. The highest BCUT2D eigenvalue weighted by molar-refractivity contribution is 6.30. The van der Waals surface area contributed by atoms with Crippen LogP contribution in [0, 0.1) is 5.82 Å². The molecule has 0 spiro atoms. The SMILES string of the molecule is O=C(N[C@H](c1ccc(F)cc1)[C@H]1CCCO1)N1CCN(c2cccc(Cl)c2)CC1. The molecule has 7 heteroatoms. The molecular weight excluding hydrogens is 393 g/mol. The first-order valence-electron chi connectivity index (χ1n) is 10.0. The van der Waals surface area contributed by atoms with Gasteiger partial charge in [-0.05, 0) is 48.7 Å². The summed E-state index contributed by atoms with van der Waals surface area (Å²) in [4.78, 5) is 17.0. The van der Waals surface area contributed by atoms with Crippen LogP contribution in [0.2, 0.25) is 5.02 Å². The molecule has 154 valence electrons. The predicted molar refractivity (Wildman–Crippen MR) is 112 cm³/mol. The van der Waals surface area contributed by atoms with Crippen molar-refractivity contribution in [2.45, 2.75) is 25.0 Å². The summed E-state index contributed by atoms with van der Waals surface area (Å²) in [5.41, 5.74) is 1.94. The van der Waals surface area contributed by atoms with E-state index in [0.29, 0.717) is 24.7 Å². The minimum atomic E-state index is -0.289. The van der Waals surface area contributed by atoms with Gasteiger partial charge in [0.15, 0.2) is 0 Å². The van der Waals surface area contributed by atoms with Crippen LogP contribution in [-0.4, -0.2) is 49.8 Å². The molecule has 0 aliphatic carbocycles. The Morgan fingerprint density at radius 2 is 1.90 bits per heavy atom. The Morgan fingerprint density at radius 3 is 2.55 bits per heavy atom. The maximum absolute atomic E-state index is 13.3. The molecule has 0 bridgehead atoms. The Bertz CT molecular complexity index is 834. The number of hydrogen-bond donors (Lipinski definition) is 1. The lowest BCUT2D eigenvalue weighted by molar-refractivity contribution is 0.0777. The maximum atomic E-state index is 13.3. The topological polar surface area (TPSA) is 44.8 Å². The average Bonchev–Trinajstić information content (AvgIpc) is 3.27. The van der Waals surface area contributed by atoms with Crippen molar-refractivity contribution in [3.05, 3.63) is 64.9 Å². The number of ether oxygens (including phenoxy) is 1. The number of carbonyl (C=O) groups is 1. The normalized spacial score (nSPS) is 20.6. The lowest BCUT2D eigenvalue weighted by atomic mass is 9.99. The van der Waals surface area contributed by atoms with E-state index in [2.05, 4.69) is 10.2 Å². The van der Waals surface area contributed by atoms with Gasteiger partial charge in [0.25, 0.3) is 0 Å². The number of nitrogens with zero attached hydrogens (tertiary/aromatic N) is 2. The second kappa shape index (κ2) is 9.01. The Balaban J connectivity index is 1.40. The number of rotatable bonds is 4. The Kier molecular flexibility index (Phi) is 6.21. The van der Waals surface area contributed by atoms with Gasteiger partial charge >= 0.3 is 6.03 Å². The van der Waals surface area contributed by atoms with Crippen LogP contribution in [0.3, 0.4) is 0 Å². The molecule has 2 aromatic rings. The minimum absolute atomic E-state index is 0.0860. The second-order valence-corrected chi connectivity index (χ2v) is 7.92. The number of benzene rings is 2. The fourth-order valence-corrected chi connectivity index (χ4v) is 4.18. The molecule has 0 saturated carbocycles. The lowest BCUT2D eigenvalue weighted by Gasteiger charge is -2.37.